The van der Waals surface area contributed by atoms with Crippen molar-refractivity contribution >= 4 is 0 Å². The van der Waals surface area contributed by atoms with E-state index in [4.69, 9.17) is 0 Å². The van der Waals surface area contributed by atoms with Gasteiger partial charge >= 0.3 is 0 Å². The maximum atomic E-state index is 2.32. The minimum Gasteiger partial charge on any atom is -0.314 e. The molecule has 0 nitrogen and oxygen atoms in total. The van der Waals surface area contributed by atoms with Crippen molar-refractivity contribution in [2.24, 2.45) is 5.41 Å². The van der Waals surface area contributed by atoms with E-state index in [0.29, 0.717) is 5.92 Å². The minimum atomic E-state index is 0. The van der Waals surface area contributed by atoms with E-state index in [2.05, 4.69) is 65.0 Å². The van der Waals surface area contributed by atoms with Gasteiger partial charge in [-0.3, -0.25) is 0 Å². The van der Waals surface area contributed by atoms with Crippen molar-refractivity contribution in [1.29, 1.82) is 0 Å². The van der Waals surface area contributed by atoms with Crippen molar-refractivity contribution in [2.75, 3.05) is 0 Å². The maximum Gasteiger partial charge on any atom is 0 e. The molecule has 0 saturated heterocycles. The van der Waals surface area contributed by atoms with E-state index in [1.807, 2.05) is 0 Å². The Bertz CT molecular complexity index is 275. The number of benzene rings is 1. The standard InChI is InChI=1S/C14H21.Y/c1-11(2)14(4,5)12(3)13-9-7-6-8-10-13;/h6-10,12H,1-5H3;/q-1;. The van der Waals surface area contributed by atoms with Gasteiger partial charge in [0.15, 0.2) is 0 Å². The minimum absolute atomic E-state index is 0. The molecule has 0 fully saturated rings. The zero-order valence-electron chi connectivity index (χ0n) is 10.5. The molecule has 0 heterocycles. The Morgan fingerprint density at radius 2 is 1.53 bits per heavy atom. The number of hydrogen-bond donors (Lipinski definition) is 0. The fraction of sp³-hybridized carbons (Fsp3) is 0.500. The summed E-state index contributed by atoms with van der Waals surface area (Å²) in [6.45, 7) is 11.4. The molecular weight excluding hydrogens is 257 g/mol. The van der Waals surface area contributed by atoms with E-state index < -0.39 is 0 Å². The van der Waals surface area contributed by atoms with Gasteiger partial charge in [0.2, 0.25) is 0 Å². The van der Waals surface area contributed by atoms with Crippen molar-refractivity contribution in [3.8, 4) is 0 Å². The molecule has 1 aromatic rings. The van der Waals surface area contributed by atoms with Crippen LogP contribution in [-0.4, -0.2) is 0 Å². The molecule has 1 heteroatoms. The molecule has 0 aliphatic carbocycles. The Labute approximate surface area is 120 Å². The van der Waals surface area contributed by atoms with Gasteiger partial charge < -0.3 is 5.92 Å². The van der Waals surface area contributed by atoms with Crippen molar-refractivity contribution in [2.45, 2.75) is 40.5 Å². The molecule has 1 atom stereocenters. The molecular formula is C14H21Y-. The second-order valence-electron chi connectivity index (χ2n) is 4.85. The van der Waals surface area contributed by atoms with Crippen LogP contribution in [0.15, 0.2) is 30.3 Å². The van der Waals surface area contributed by atoms with Crippen LogP contribution in [0.5, 0.6) is 0 Å². The third kappa shape index (κ3) is 3.68. The molecule has 0 saturated carbocycles. The Balaban J connectivity index is 0.00000196. The molecule has 0 aliphatic heterocycles. The molecule has 1 rings (SSSR count). The largest absolute Gasteiger partial charge is 0.314 e. The van der Waals surface area contributed by atoms with Crippen LogP contribution in [0.4, 0.5) is 0 Å². The van der Waals surface area contributed by atoms with Crippen LogP contribution in [-0.2, 0) is 32.7 Å². The summed E-state index contributed by atoms with van der Waals surface area (Å²) in [5.74, 6) is 2.07. The van der Waals surface area contributed by atoms with Gasteiger partial charge in [0.25, 0.3) is 0 Å². The first-order chi connectivity index (χ1) is 6.46. The molecule has 15 heavy (non-hydrogen) atoms. The van der Waals surface area contributed by atoms with Crippen LogP contribution in [0.25, 0.3) is 0 Å². The zero-order valence-corrected chi connectivity index (χ0v) is 13.4. The zero-order chi connectivity index (χ0) is 10.8. The van der Waals surface area contributed by atoms with Crippen LogP contribution in [0.3, 0.4) is 0 Å². The molecule has 0 N–H and O–H groups in total. The predicted molar refractivity (Wildman–Crippen MR) is 63.2 cm³/mol. The Morgan fingerprint density at radius 1 is 1.07 bits per heavy atom. The van der Waals surface area contributed by atoms with E-state index >= 15 is 0 Å². The van der Waals surface area contributed by atoms with Crippen LogP contribution >= 0.6 is 0 Å². The molecule has 0 bridgehead atoms. The number of rotatable bonds is 3. The van der Waals surface area contributed by atoms with Gasteiger partial charge in [-0.25, -0.2) is 0 Å². The van der Waals surface area contributed by atoms with Gasteiger partial charge in [0.1, 0.15) is 0 Å². The van der Waals surface area contributed by atoms with Gasteiger partial charge in [-0.05, 0) is 11.5 Å². The van der Waals surface area contributed by atoms with E-state index in [9.17, 15) is 0 Å². The first-order valence-electron chi connectivity index (χ1n) is 5.32. The predicted octanol–water partition coefficient (Wildman–Crippen LogP) is 4.43. The summed E-state index contributed by atoms with van der Waals surface area (Å²) in [6.07, 6.45) is 0. The molecule has 1 aromatic carbocycles. The molecule has 0 amide bonds. The van der Waals surface area contributed by atoms with Crippen molar-refractivity contribution in [3.05, 3.63) is 41.8 Å². The molecule has 1 unspecified atom stereocenters. The summed E-state index contributed by atoms with van der Waals surface area (Å²) < 4.78 is 0. The van der Waals surface area contributed by atoms with E-state index in [1.54, 1.807) is 0 Å². The summed E-state index contributed by atoms with van der Waals surface area (Å²) in [5, 5.41) is 0. The van der Waals surface area contributed by atoms with Crippen molar-refractivity contribution in [3.63, 3.8) is 0 Å². The van der Waals surface area contributed by atoms with Gasteiger partial charge in [0.05, 0.1) is 0 Å². The SMILES string of the molecule is C[C-](C)C(C)(C)C(C)c1ccccc1.[Y]. The third-order valence-corrected chi connectivity index (χ3v) is 3.67. The maximum absolute atomic E-state index is 2.32. The molecule has 0 aromatic heterocycles. The Kier molecular flexibility index (Phi) is 6.29. The second kappa shape index (κ2) is 6.16. The quantitative estimate of drug-likeness (QED) is 0.718. The molecule has 0 spiro atoms. The third-order valence-electron chi connectivity index (χ3n) is 3.67. The monoisotopic (exact) mass is 278 g/mol. The fourth-order valence-corrected chi connectivity index (χ4v) is 1.59. The van der Waals surface area contributed by atoms with Gasteiger partial charge in [-0.2, -0.15) is 19.3 Å². The Hall–Kier alpha value is 0.324. The summed E-state index contributed by atoms with van der Waals surface area (Å²) in [7, 11) is 0. The second-order valence-corrected chi connectivity index (χ2v) is 4.85. The molecule has 1 radical (unpaired) electrons. The van der Waals surface area contributed by atoms with Crippen LogP contribution in [0.2, 0.25) is 0 Å². The van der Waals surface area contributed by atoms with E-state index in [-0.39, 0.29) is 38.1 Å². The van der Waals surface area contributed by atoms with E-state index in [0.717, 1.165) is 0 Å². The number of hydrogen-bond acceptors (Lipinski definition) is 0. The summed E-state index contributed by atoms with van der Waals surface area (Å²) >= 11 is 0. The van der Waals surface area contributed by atoms with Crippen LogP contribution in [0, 0.1) is 11.3 Å². The summed E-state index contributed by atoms with van der Waals surface area (Å²) in [4.78, 5) is 0. The van der Waals surface area contributed by atoms with Crippen LogP contribution in [0.1, 0.15) is 46.1 Å². The topological polar surface area (TPSA) is 0 Å². The fourth-order valence-electron chi connectivity index (χ4n) is 1.59. The molecule has 81 valence electrons. The van der Waals surface area contributed by atoms with Gasteiger partial charge in [0, 0.05) is 32.7 Å². The first kappa shape index (κ1) is 15.3. The van der Waals surface area contributed by atoms with Gasteiger partial charge in [-0.15, -0.1) is 0 Å². The smallest absolute Gasteiger partial charge is 0 e. The van der Waals surface area contributed by atoms with Crippen molar-refractivity contribution in [1.82, 2.24) is 0 Å². The normalized spacial score (nSPS) is 13.5. The average molecular weight is 278 g/mol. The van der Waals surface area contributed by atoms with Crippen molar-refractivity contribution < 1.29 is 32.7 Å². The summed E-state index contributed by atoms with van der Waals surface area (Å²) in [6, 6.07) is 10.7. The molecule has 0 aliphatic rings. The first-order valence-corrected chi connectivity index (χ1v) is 5.32. The Morgan fingerprint density at radius 3 is 1.93 bits per heavy atom. The van der Waals surface area contributed by atoms with Gasteiger partial charge in [-0.1, -0.05) is 51.1 Å². The summed E-state index contributed by atoms with van der Waals surface area (Å²) in [5.41, 5.74) is 1.71. The van der Waals surface area contributed by atoms with E-state index in [1.165, 1.54) is 11.5 Å². The van der Waals surface area contributed by atoms with Crippen LogP contribution < -0.4 is 0 Å². The average Bonchev–Trinajstić information content (AvgIpc) is 2.17.